The number of benzene rings is 1. The van der Waals surface area contributed by atoms with Gasteiger partial charge in [0.2, 0.25) is 0 Å². The van der Waals surface area contributed by atoms with Crippen LogP contribution in [0.15, 0.2) is 24.3 Å². The van der Waals surface area contributed by atoms with Gasteiger partial charge in [-0.1, -0.05) is 0 Å². The SMILES string of the molecule is COC(=O)c1sc2nc3ccc(F)cc3cc2c1N. The summed E-state index contributed by atoms with van der Waals surface area (Å²) in [6, 6.07) is 6.06. The first kappa shape index (κ1) is 11.9. The number of hydrogen-bond donors (Lipinski definition) is 1. The van der Waals surface area contributed by atoms with Gasteiger partial charge in [0, 0.05) is 10.8 Å². The van der Waals surface area contributed by atoms with Gasteiger partial charge in [0.15, 0.2) is 0 Å². The van der Waals surface area contributed by atoms with E-state index in [1.54, 1.807) is 12.1 Å². The average Bonchev–Trinajstić information content (AvgIpc) is 2.72. The lowest BCUT2D eigenvalue weighted by atomic mass is 10.1. The Morgan fingerprint density at radius 1 is 1.42 bits per heavy atom. The van der Waals surface area contributed by atoms with Gasteiger partial charge in [0.05, 0.1) is 18.3 Å². The van der Waals surface area contributed by atoms with Gasteiger partial charge >= 0.3 is 5.97 Å². The Balaban J connectivity index is 2.34. The van der Waals surface area contributed by atoms with E-state index in [9.17, 15) is 9.18 Å². The first-order valence-electron chi connectivity index (χ1n) is 5.46. The molecule has 2 aromatic heterocycles. The van der Waals surface area contributed by atoms with Crippen LogP contribution in [0, 0.1) is 5.82 Å². The Labute approximate surface area is 111 Å². The number of carbonyl (C=O) groups is 1. The lowest BCUT2D eigenvalue weighted by Crippen LogP contribution is -2.01. The minimum atomic E-state index is -0.490. The molecule has 0 aliphatic heterocycles. The number of carbonyl (C=O) groups excluding carboxylic acids is 1. The minimum absolute atomic E-state index is 0.320. The third kappa shape index (κ3) is 1.80. The van der Waals surface area contributed by atoms with Crippen molar-refractivity contribution in [3.8, 4) is 0 Å². The predicted octanol–water partition coefficient (Wildman–Crippen LogP) is 2.96. The van der Waals surface area contributed by atoms with Crippen LogP contribution < -0.4 is 5.73 Å². The average molecular weight is 276 g/mol. The van der Waals surface area contributed by atoms with E-state index in [0.29, 0.717) is 31.7 Å². The Kier molecular flexibility index (Phi) is 2.60. The fraction of sp³-hybridized carbons (Fsp3) is 0.0769. The second-order valence-electron chi connectivity index (χ2n) is 4.01. The zero-order valence-corrected chi connectivity index (χ0v) is 10.8. The highest BCUT2D eigenvalue weighted by molar-refractivity contribution is 7.21. The number of anilines is 1. The standard InChI is InChI=1S/C13H9FN2O2S/c1-18-13(17)11-10(15)8-5-6-4-7(14)2-3-9(6)16-12(8)19-11/h2-5H,15H2,1H3. The highest BCUT2D eigenvalue weighted by Crippen LogP contribution is 2.34. The molecule has 3 aromatic rings. The summed E-state index contributed by atoms with van der Waals surface area (Å²) in [4.78, 5) is 16.9. The maximum absolute atomic E-state index is 13.2. The second kappa shape index (κ2) is 4.17. The molecule has 6 heteroatoms. The highest BCUT2D eigenvalue weighted by atomic mass is 32.1. The first-order chi connectivity index (χ1) is 9.10. The molecule has 3 rings (SSSR count). The minimum Gasteiger partial charge on any atom is -0.465 e. The molecule has 1 aromatic carbocycles. The Morgan fingerprint density at radius 2 is 2.21 bits per heavy atom. The molecule has 2 heterocycles. The van der Waals surface area contributed by atoms with E-state index in [-0.39, 0.29) is 5.82 Å². The molecule has 0 saturated heterocycles. The molecule has 0 amide bonds. The molecule has 0 aliphatic carbocycles. The van der Waals surface area contributed by atoms with Gasteiger partial charge in [-0.05, 0) is 24.3 Å². The number of nitrogens with zero attached hydrogens (tertiary/aromatic N) is 1. The lowest BCUT2D eigenvalue weighted by molar-refractivity contribution is 0.0607. The molecule has 96 valence electrons. The van der Waals surface area contributed by atoms with Gasteiger partial charge in [-0.2, -0.15) is 0 Å². The summed E-state index contributed by atoms with van der Waals surface area (Å²) in [5.74, 6) is -0.827. The van der Waals surface area contributed by atoms with Crippen LogP contribution in [0.4, 0.5) is 10.1 Å². The molecule has 0 unspecified atom stereocenters. The fourth-order valence-corrected chi connectivity index (χ4v) is 2.92. The number of rotatable bonds is 1. The summed E-state index contributed by atoms with van der Waals surface area (Å²) in [6.07, 6.45) is 0. The molecule has 2 N–H and O–H groups in total. The normalized spacial score (nSPS) is 11.1. The number of thiophene rings is 1. The van der Waals surface area contributed by atoms with Gasteiger partial charge in [-0.15, -0.1) is 11.3 Å². The largest absolute Gasteiger partial charge is 0.465 e. The number of halogens is 1. The van der Waals surface area contributed by atoms with E-state index in [1.807, 2.05) is 0 Å². The van der Waals surface area contributed by atoms with Crippen molar-refractivity contribution >= 4 is 44.1 Å². The van der Waals surface area contributed by atoms with Crippen LogP contribution in [0.3, 0.4) is 0 Å². The van der Waals surface area contributed by atoms with Crippen LogP contribution in [-0.4, -0.2) is 18.1 Å². The van der Waals surface area contributed by atoms with Crippen molar-refractivity contribution in [1.29, 1.82) is 0 Å². The van der Waals surface area contributed by atoms with Crippen molar-refractivity contribution in [2.75, 3.05) is 12.8 Å². The number of methoxy groups -OCH3 is 1. The number of esters is 1. The number of nitrogen functional groups attached to an aromatic ring is 1. The third-order valence-electron chi connectivity index (χ3n) is 2.85. The molecule has 0 fully saturated rings. The van der Waals surface area contributed by atoms with Crippen LogP contribution >= 0.6 is 11.3 Å². The van der Waals surface area contributed by atoms with Crippen molar-refractivity contribution in [2.24, 2.45) is 0 Å². The quantitative estimate of drug-likeness (QED) is 0.694. The van der Waals surface area contributed by atoms with Crippen molar-refractivity contribution in [3.63, 3.8) is 0 Å². The van der Waals surface area contributed by atoms with Crippen LogP contribution in [0.5, 0.6) is 0 Å². The van der Waals surface area contributed by atoms with E-state index in [4.69, 9.17) is 5.73 Å². The van der Waals surface area contributed by atoms with E-state index in [1.165, 1.54) is 30.6 Å². The molecule has 0 atom stereocenters. The van der Waals surface area contributed by atoms with Gasteiger partial charge in [0.25, 0.3) is 0 Å². The molecular formula is C13H9FN2O2S. The molecule has 19 heavy (non-hydrogen) atoms. The number of hydrogen-bond acceptors (Lipinski definition) is 5. The van der Waals surface area contributed by atoms with E-state index >= 15 is 0 Å². The molecule has 0 saturated carbocycles. The second-order valence-corrected chi connectivity index (χ2v) is 5.01. The van der Waals surface area contributed by atoms with E-state index in [2.05, 4.69) is 9.72 Å². The molecule has 0 radical (unpaired) electrons. The fourth-order valence-electron chi connectivity index (χ4n) is 1.92. The van der Waals surface area contributed by atoms with E-state index < -0.39 is 5.97 Å². The number of aromatic nitrogens is 1. The molecule has 0 bridgehead atoms. The number of pyridine rings is 1. The Morgan fingerprint density at radius 3 is 2.95 bits per heavy atom. The van der Waals surface area contributed by atoms with Gasteiger partial charge in [-0.25, -0.2) is 14.2 Å². The predicted molar refractivity (Wildman–Crippen MR) is 72.8 cm³/mol. The van der Waals surface area contributed by atoms with Crippen molar-refractivity contribution in [3.05, 3.63) is 35.0 Å². The summed E-state index contributed by atoms with van der Waals surface area (Å²) in [5.41, 5.74) is 6.90. The number of ether oxygens (including phenoxy) is 1. The van der Waals surface area contributed by atoms with Crippen molar-refractivity contribution < 1.29 is 13.9 Å². The smallest absolute Gasteiger partial charge is 0.350 e. The van der Waals surface area contributed by atoms with Crippen molar-refractivity contribution in [2.45, 2.75) is 0 Å². The lowest BCUT2D eigenvalue weighted by Gasteiger charge is -1.98. The molecular weight excluding hydrogens is 267 g/mol. The van der Waals surface area contributed by atoms with E-state index in [0.717, 1.165) is 0 Å². The summed E-state index contributed by atoms with van der Waals surface area (Å²) < 4.78 is 17.9. The highest BCUT2D eigenvalue weighted by Gasteiger charge is 2.18. The van der Waals surface area contributed by atoms with Crippen LogP contribution in [0.25, 0.3) is 21.1 Å². The summed E-state index contributed by atoms with van der Waals surface area (Å²) in [6.45, 7) is 0. The Bertz CT molecular complexity index is 813. The van der Waals surface area contributed by atoms with Crippen LogP contribution in [0.2, 0.25) is 0 Å². The topological polar surface area (TPSA) is 65.2 Å². The monoisotopic (exact) mass is 276 g/mol. The van der Waals surface area contributed by atoms with Crippen molar-refractivity contribution in [1.82, 2.24) is 4.98 Å². The zero-order valence-electron chi connectivity index (χ0n) is 9.94. The maximum Gasteiger partial charge on any atom is 0.350 e. The number of fused-ring (bicyclic) bond motifs is 2. The van der Waals surface area contributed by atoms with Crippen LogP contribution in [0.1, 0.15) is 9.67 Å². The molecule has 0 aliphatic rings. The Hall–Kier alpha value is -2.21. The summed E-state index contributed by atoms with van der Waals surface area (Å²) in [7, 11) is 1.30. The van der Waals surface area contributed by atoms with Gasteiger partial charge in [-0.3, -0.25) is 0 Å². The molecule has 0 spiro atoms. The summed E-state index contributed by atoms with van der Waals surface area (Å²) in [5, 5.41) is 1.29. The maximum atomic E-state index is 13.2. The van der Waals surface area contributed by atoms with Gasteiger partial charge < -0.3 is 10.5 Å². The molecule has 4 nitrogen and oxygen atoms in total. The van der Waals surface area contributed by atoms with Gasteiger partial charge in [0.1, 0.15) is 15.5 Å². The third-order valence-corrected chi connectivity index (χ3v) is 3.94. The van der Waals surface area contributed by atoms with Crippen LogP contribution in [-0.2, 0) is 4.74 Å². The number of nitrogens with two attached hydrogens (primary N) is 1. The summed E-state index contributed by atoms with van der Waals surface area (Å²) >= 11 is 1.17. The first-order valence-corrected chi connectivity index (χ1v) is 6.28. The zero-order chi connectivity index (χ0) is 13.6.